The Morgan fingerprint density at radius 3 is 2.38 bits per heavy atom. The Morgan fingerprint density at radius 2 is 1.83 bits per heavy atom. The maximum atomic E-state index is 14.6. The third-order valence-corrected chi connectivity index (χ3v) is 5.79. The largest absolute Gasteiger partial charge is 0.442 e. The molecule has 0 radical (unpaired) electrons. The lowest BCUT2D eigenvalue weighted by Gasteiger charge is -2.24. The van der Waals surface area contributed by atoms with Gasteiger partial charge in [-0.15, -0.1) is 12.4 Å². The molecule has 0 spiro atoms. The molecule has 4 rings (SSSR count). The van der Waals surface area contributed by atoms with E-state index in [1.54, 1.807) is 4.90 Å². The number of piperidine rings is 1. The molecule has 1 unspecified atom stereocenters. The molecule has 3 fully saturated rings. The molecule has 2 aliphatic heterocycles. The Hall–Kier alpha value is -1.85. The quantitative estimate of drug-likeness (QED) is 0.525. The second-order valence-electron chi connectivity index (χ2n) is 7.23. The summed E-state index contributed by atoms with van der Waals surface area (Å²) in [5, 5.41) is 2.31. The Morgan fingerprint density at radius 1 is 1.24 bits per heavy atom. The van der Waals surface area contributed by atoms with Gasteiger partial charge >= 0.3 is 6.09 Å². The Kier molecular flexibility index (Phi) is 6.11. The van der Waals surface area contributed by atoms with Crippen LogP contribution >= 0.6 is 24.6 Å². The summed E-state index contributed by atoms with van der Waals surface area (Å²) >= 11 is 4.46. The second-order valence-corrected chi connectivity index (χ2v) is 7.67. The van der Waals surface area contributed by atoms with E-state index in [1.165, 1.54) is 0 Å². The first-order valence-electron chi connectivity index (χ1n) is 8.80. The summed E-state index contributed by atoms with van der Waals surface area (Å²) < 4.78 is 59.1. The van der Waals surface area contributed by atoms with Gasteiger partial charge in [0.2, 0.25) is 0 Å². The first kappa shape index (κ1) is 21.8. The summed E-state index contributed by atoms with van der Waals surface area (Å²) in [5.41, 5.74) is 5.73. The monoisotopic (exact) mass is 454 g/mol. The molecule has 3 N–H and O–H groups in total. The number of hydrogen-bond donors (Lipinski definition) is 2. The number of thiocarbonyl (C=S) groups is 1. The number of anilines is 2. The number of fused-ring (bicyclic) bond motifs is 1. The van der Waals surface area contributed by atoms with Crippen LogP contribution in [-0.4, -0.2) is 55.8 Å². The molecule has 12 heteroatoms. The molecule has 6 nitrogen and oxygen atoms in total. The Bertz CT molecular complexity index is 798. The summed E-state index contributed by atoms with van der Waals surface area (Å²) in [6.07, 6.45) is -4.40. The fourth-order valence-corrected chi connectivity index (χ4v) is 3.98. The average molecular weight is 455 g/mol. The normalized spacial score (nSPS) is 27.6. The number of benzene rings is 1. The van der Waals surface area contributed by atoms with Gasteiger partial charge in [0, 0.05) is 31.3 Å². The van der Waals surface area contributed by atoms with E-state index >= 15 is 0 Å². The summed E-state index contributed by atoms with van der Waals surface area (Å²) in [4.78, 5) is 14.1. The Balaban J connectivity index is 0.00000240. The standard InChI is InChI=1S/C17H18F4N4O2S.ClH/c18-11-1-7(2-12(19)14(11)24-5-9-10(6-24)13(9)22)25-4-8(27-17(25)26)3-23-16(28)15(20)21;/h1-2,8-10,13,15H,3-6,22H2,(H,23,28);1H/t8-,9-,10+,13?;/m0./s1. The number of nitrogens with zero attached hydrogens (tertiary/aromatic N) is 2. The van der Waals surface area contributed by atoms with Crippen LogP contribution in [0.5, 0.6) is 0 Å². The van der Waals surface area contributed by atoms with Gasteiger partial charge in [0.1, 0.15) is 16.8 Å². The van der Waals surface area contributed by atoms with E-state index in [2.05, 4.69) is 17.5 Å². The zero-order chi connectivity index (χ0) is 20.2. The van der Waals surface area contributed by atoms with E-state index < -0.39 is 35.2 Å². The van der Waals surface area contributed by atoms with Crippen molar-refractivity contribution in [2.45, 2.75) is 18.6 Å². The summed E-state index contributed by atoms with van der Waals surface area (Å²) in [7, 11) is 0. The van der Waals surface area contributed by atoms with Gasteiger partial charge in [-0.1, -0.05) is 12.2 Å². The van der Waals surface area contributed by atoms with Gasteiger partial charge < -0.3 is 20.7 Å². The van der Waals surface area contributed by atoms with Gasteiger partial charge in [-0.3, -0.25) is 4.90 Å². The van der Waals surface area contributed by atoms with Gasteiger partial charge in [0.05, 0.1) is 18.8 Å². The molecule has 29 heavy (non-hydrogen) atoms. The number of nitrogens with one attached hydrogen (secondary N) is 1. The van der Waals surface area contributed by atoms with E-state index in [1.807, 2.05) is 0 Å². The number of carbonyl (C=O) groups excluding carboxylic acids is 1. The fourth-order valence-electron chi connectivity index (χ4n) is 3.90. The van der Waals surface area contributed by atoms with Crippen molar-refractivity contribution >= 4 is 47.1 Å². The molecule has 160 valence electrons. The minimum absolute atomic E-state index is 0. The lowest BCUT2D eigenvalue weighted by Crippen LogP contribution is -2.36. The summed E-state index contributed by atoms with van der Waals surface area (Å²) in [6.45, 7) is 0.842. The number of alkyl halides is 2. The SMILES string of the molecule is Cl.NC1[C@H]2CN(c3c(F)cc(N4C[C@H](CNC(=S)C(F)F)OC4=O)cc3F)C[C@@H]12. The number of cyclic esters (lactones) is 1. The molecule has 1 aromatic rings. The summed E-state index contributed by atoms with van der Waals surface area (Å²) in [6, 6.07) is 2.25. The third kappa shape index (κ3) is 4.08. The van der Waals surface area contributed by atoms with E-state index in [9.17, 15) is 22.4 Å². The van der Waals surface area contributed by atoms with Gasteiger partial charge in [0.25, 0.3) is 6.43 Å². The van der Waals surface area contributed by atoms with Crippen molar-refractivity contribution in [3.63, 3.8) is 0 Å². The molecule has 1 amide bonds. The van der Waals surface area contributed by atoms with E-state index in [0.29, 0.717) is 13.1 Å². The molecular weight excluding hydrogens is 436 g/mol. The molecule has 4 atom stereocenters. The van der Waals surface area contributed by atoms with Crippen LogP contribution in [0.3, 0.4) is 0 Å². The van der Waals surface area contributed by atoms with Crippen LogP contribution in [0.1, 0.15) is 0 Å². The van der Waals surface area contributed by atoms with E-state index in [4.69, 9.17) is 10.5 Å². The van der Waals surface area contributed by atoms with Crippen molar-refractivity contribution in [3.8, 4) is 0 Å². The zero-order valence-corrected chi connectivity index (χ0v) is 16.6. The highest BCUT2D eigenvalue weighted by atomic mass is 35.5. The van der Waals surface area contributed by atoms with E-state index in [-0.39, 0.29) is 54.7 Å². The van der Waals surface area contributed by atoms with E-state index in [0.717, 1.165) is 17.0 Å². The van der Waals surface area contributed by atoms with Crippen LogP contribution in [0.2, 0.25) is 0 Å². The van der Waals surface area contributed by atoms with Gasteiger partial charge in [-0.25, -0.2) is 22.4 Å². The molecule has 2 saturated heterocycles. The molecule has 1 aromatic carbocycles. The number of halogens is 5. The van der Waals surface area contributed by atoms with Crippen LogP contribution in [0.15, 0.2) is 12.1 Å². The van der Waals surface area contributed by atoms with Crippen LogP contribution < -0.4 is 20.9 Å². The van der Waals surface area contributed by atoms with Crippen molar-refractivity contribution in [2.75, 3.05) is 36.0 Å². The predicted octanol–water partition coefficient (Wildman–Crippen LogP) is 2.29. The van der Waals surface area contributed by atoms with Crippen molar-refractivity contribution < 1.29 is 27.1 Å². The number of hydrogen-bond acceptors (Lipinski definition) is 5. The maximum absolute atomic E-state index is 14.6. The predicted molar refractivity (Wildman–Crippen MR) is 105 cm³/mol. The lowest BCUT2D eigenvalue weighted by molar-refractivity contribution is 0.142. The average Bonchev–Trinajstić information content (AvgIpc) is 3.00. The third-order valence-electron chi connectivity index (χ3n) is 5.47. The number of rotatable bonds is 5. The summed E-state index contributed by atoms with van der Waals surface area (Å²) in [5.74, 6) is -1.03. The molecule has 0 bridgehead atoms. The topological polar surface area (TPSA) is 70.8 Å². The van der Waals surface area contributed by atoms with Crippen molar-refractivity contribution in [1.82, 2.24) is 5.32 Å². The number of nitrogens with two attached hydrogens (primary N) is 1. The lowest BCUT2D eigenvalue weighted by atomic mass is 10.2. The van der Waals surface area contributed by atoms with Crippen molar-refractivity contribution in [1.29, 1.82) is 0 Å². The maximum Gasteiger partial charge on any atom is 0.414 e. The smallest absolute Gasteiger partial charge is 0.414 e. The minimum atomic E-state index is -2.81. The van der Waals surface area contributed by atoms with Gasteiger partial charge in [-0.2, -0.15) is 0 Å². The zero-order valence-electron chi connectivity index (χ0n) is 15.0. The molecule has 3 aliphatic rings. The highest BCUT2D eigenvalue weighted by Gasteiger charge is 2.54. The number of ether oxygens (including phenoxy) is 1. The number of amides is 1. The van der Waals surface area contributed by atoms with Gasteiger partial charge in [-0.05, 0) is 11.8 Å². The first-order valence-corrected chi connectivity index (χ1v) is 9.20. The first-order chi connectivity index (χ1) is 13.3. The second kappa shape index (κ2) is 8.11. The fraction of sp³-hybridized carbons (Fsp3) is 0.529. The van der Waals surface area contributed by atoms with Crippen LogP contribution in [-0.2, 0) is 4.74 Å². The van der Waals surface area contributed by atoms with Crippen LogP contribution in [0.4, 0.5) is 33.7 Å². The highest BCUT2D eigenvalue weighted by Crippen LogP contribution is 2.46. The van der Waals surface area contributed by atoms with Crippen molar-refractivity contribution in [2.24, 2.45) is 17.6 Å². The highest BCUT2D eigenvalue weighted by molar-refractivity contribution is 7.80. The molecule has 2 heterocycles. The van der Waals surface area contributed by atoms with Crippen LogP contribution in [0.25, 0.3) is 0 Å². The van der Waals surface area contributed by atoms with Gasteiger partial charge in [0.15, 0.2) is 11.6 Å². The number of carbonyl (C=O) groups is 1. The van der Waals surface area contributed by atoms with Crippen molar-refractivity contribution in [3.05, 3.63) is 23.8 Å². The molecular formula is C17H19ClF4N4O2S. The molecule has 1 saturated carbocycles. The minimum Gasteiger partial charge on any atom is -0.442 e. The Labute approximate surface area is 175 Å². The molecule has 1 aliphatic carbocycles. The molecule has 0 aromatic heterocycles. The van der Waals surface area contributed by atoms with Crippen LogP contribution in [0, 0.1) is 23.5 Å².